The maximum atomic E-state index is 12.8. The predicted octanol–water partition coefficient (Wildman–Crippen LogP) is 0.0562. The number of fused-ring (bicyclic) bond motifs is 4. The molecular weight excluding hydrogens is 334 g/mol. The van der Waals surface area contributed by atoms with Gasteiger partial charge in [-0.3, -0.25) is 24.4 Å². The smallest absolute Gasteiger partial charge is 0.325 e. The van der Waals surface area contributed by atoms with E-state index in [0.717, 1.165) is 37.4 Å². The minimum absolute atomic E-state index is 0.0160. The number of hydrogen-bond acceptors (Lipinski definition) is 5. The molecule has 0 aromatic carbocycles. The molecule has 4 amide bonds. The number of hydrogen-bond donors (Lipinski definition) is 1. The van der Waals surface area contributed by atoms with Crippen molar-refractivity contribution in [1.82, 2.24) is 25.0 Å². The molecule has 1 N–H and O–H groups in total. The van der Waals surface area contributed by atoms with Crippen LogP contribution in [0.1, 0.15) is 18.4 Å². The van der Waals surface area contributed by atoms with Gasteiger partial charge in [0.1, 0.15) is 6.54 Å². The topological polar surface area (TPSA) is 85.8 Å². The van der Waals surface area contributed by atoms with Gasteiger partial charge < -0.3 is 10.2 Å². The quantitative estimate of drug-likeness (QED) is 0.770. The van der Waals surface area contributed by atoms with Crippen LogP contribution in [-0.4, -0.2) is 76.3 Å². The molecule has 8 nitrogen and oxygen atoms in total. The van der Waals surface area contributed by atoms with E-state index >= 15 is 0 Å². The summed E-state index contributed by atoms with van der Waals surface area (Å²) in [6.45, 7) is 3.18. The number of piperidine rings is 1. The van der Waals surface area contributed by atoms with E-state index in [2.05, 4.69) is 15.2 Å². The average molecular weight is 357 g/mol. The molecule has 4 fully saturated rings. The molecule has 1 aromatic rings. The van der Waals surface area contributed by atoms with Crippen molar-refractivity contribution < 1.29 is 14.4 Å². The fraction of sp³-hybridized carbons (Fsp3) is 0.556. The van der Waals surface area contributed by atoms with Gasteiger partial charge in [0.05, 0.1) is 6.54 Å². The van der Waals surface area contributed by atoms with Gasteiger partial charge in [-0.1, -0.05) is 0 Å². The monoisotopic (exact) mass is 357 g/mol. The number of imide groups is 1. The summed E-state index contributed by atoms with van der Waals surface area (Å²) in [6, 6.07) is 3.71. The van der Waals surface area contributed by atoms with Gasteiger partial charge in [-0.05, 0) is 36.5 Å². The first kappa shape index (κ1) is 17.0. The van der Waals surface area contributed by atoms with Crippen molar-refractivity contribution in [3.05, 3.63) is 30.1 Å². The van der Waals surface area contributed by atoms with Crippen molar-refractivity contribution in [3.63, 3.8) is 0 Å². The zero-order chi connectivity index (χ0) is 18.1. The normalized spacial score (nSPS) is 26.2. The standard InChI is InChI=1S/C18H23N5O3/c24-16-7-20-18(26)23(16)12-17(25)22-10-14-1-2-15(22)11-21(9-14)8-13-3-5-19-6-4-13/h3-6,14-15H,1-2,7-12H2,(H,20,26)/t14-,15+/m0/s1. The highest BCUT2D eigenvalue weighted by Gasteiger charge is 2.39. The Labute approximate surface area is 152 Å². The SMILES string of the molecule is O=C1CNC(=O)N1CC(=O)N1C[C@H]2CC[C@@H]1CN(Cc1ccncc1)C2. The Balaban J connectivity index is 1.42. The summed E-state index contributed by atoms with van der Waals surface area (Å²) in [5, 5.41) is 2.46. The minimum Gasteiger partial charge on any atom is -0.337 e. The highest BCUT2D eigenvalue weighted by Crippen LogP contribution is 2.29. The van der Waals surface area contributed by atoms with E-state index in [4.69, 9.17) is 0 Å². The number of aromatic nitrogens is 1. The van der Waals surface area contributed by atoms with Crippen LogP contribution in [0.2, 0.25) is 0 Å². The van der Waals surface area contributed by atoms with Crippen LogP contribution in [0.5, 0.6) is 0 Å². The van der Waals surface area contributed by atoms with Crippen LogP contribution in [0.4, 0.5) is 4.79 Å². The third kappa shape index (κ3) is 3.41. The highest BCUT2D eigenvalue weighted by molar-refractivity contribution is 6.04. The first-order chi connectivity index (χ1) is 12.6. The first-order valence-corrected chi connectivity index (χ1v) is 9.09. The molecule has 4 aliphatic heterocycles. The van der Waals surface area contributed by atoms with Gasteiger partial charge in [0, 0.05) is 44.6 Å². The summed E-state index contributed by atoms with van der Waals surface area (Å²) in [5.74, 6) is -0.0267. The van der Waals surface area contributed by atoms with E-state index in [-0.39, 0.29) is 30.9 Å². The Hall–Kier alpha value is -2.48. The molecule has 5 heterocycles. The molecule has 0 radical (unpaired) electrons. The van der Waals surface area contributed by atoms with Crippen LogP contribution in [-0.2, 0) is 16.1 Å². The number of nitrogens with zero attached hydrogens (tertiary/aromatic N) is 4. The van der Waals surface area contributed by atoms with Crippen LogP contribution in [0.3, 0.4) is 0 Å². The largest absolute Gasteiger partial charge is 0.337 e. The maximum absolute atomic E-state index is 12.8. The zero-order valence-corrected chi connectivity index (χ0v) is 14.6. The Bertz CT molecular complexity index is 694. The summed E-state index contributed by atoms with van der Waals surface area (Å²) in [6.07, 6.45) is 5.69. The number of carbonyl (C=O) groups excluding carboxylic acids is 3. The van der Waals surface area contributed by atoms with Crippen molar-refractivity contribution >= 4 is 17.8 Å². The van der Waals surface area contributed by atoms with Crippen LogP contribution >= 0.6 is 0 Å². The second-order valence-corrected chi connectivity index (χ2v) is 7.33. The van der Waals surface area contributed by atoms with Gasteiger partial charge in [0.2, 0.25) is 5.91 Å². The lowest BCUT2D eigenvalue weighted by molar-refractivity contribution is -0.139. The van der Waals surface area contributed by atoms with Crippen molar-refractivity contribution in [2.45, 2.75) is 25.4 Å². The molecule has 0 spiro atoms. The van der Waals surface area contributed by atoms with E-state index in [1.165, 1.54) is 5.56 Å². The number of amides is 4. The van der Waals surface area contributed by atoms with Crippen molar-refractivity contribution in [2.75, 3.05) is 32.7 Å². The van der Waals surface area contributed by atoms with Crippen LogP contribution in [0.15, 0.2) is 24.5 Å². The number of nitrogens with one attached hydrogen (secondary N) is 1. The summed E-state index contributed by atoms with van der Waals surface area (Å²) in [7, 11) is 0. The Morgan fingerprint density at radius 1 is 1.15 bits per heavy atom. The van der Waals surface area contributed by atoms with Crippen LogP contribution in [0, 0.1) is 5.92 Å². The van der Waals surface area contributed by atoms with Gasteiger partial charge in [-0.15, -0.1) is 0 Å². The van der Waals surface area contributed by atoms with Gasteiger partial charge in [0.15, 0.2) is 0 Å². The van der Waals surface area contributed by atoms with E-state index in [1.54, 1.807) is 12.4 Å². The lowest BCUT2D eigenvalue weighted by Gasteiger charge is -2.36. The van der Waals surface area contributed by atoms with Crippen LogP contribution < -0.4 is 5.32 Å². The second-order valence-electron chi connectivity index (χ2n) is 7.33. The van der Waals surface area contributed by atoms with E-state index in [0.29, 0.717) is 12.5 Å². The fourth-order valence-corrected chi connectivity index (χ4v) is 4.20. The lowest BCUT2D eigenvalue weighted by atomic mass is 9.95. The number of urea groups is 1. The molecule has 138 valence electrons. The van der Waals surface area contributed by atoms with Gasteiger partial charge in [-0.25, -0.2) is 4.79 Å². The number of pyridine rings is 1. The highest BCUT2D eigenvalue weighted by atomic mass is 16.2. The molecule has 0 aliphatic carbocycles. The minimum atomic E-state index is -0.470. The Morgan fingerprint density at radius 2 is 1.96 bits per heavy atom. The van der Waals surface area contributed by atoms with Crippen molar-refractivity contribution in [3.8, 4) is 0 Å². The molecule has 4 aliphatic rings. The summed E-state index contributed by atoms with van der Waals surface area (Å²) >= 11 is 0. The third-order valence-corrected chi connectivity index (χ3v) is 5.50. The van der Waals surface area contributed by atoms with E-state index in [9.17, 15) is 14.4 Å². The molecule has 0 saturated carbocycles. The zero-order valence-electron chi connectivity index (χ0n) is 14.6. The molecule has 26 heavy (non-hydrogen) atoms. The maximum Gasteiger partial charge on any atom is 0.325 e. The summed E-state index contributed by atoms with van der Waals surface area (Å²) in [4.78, 5) is 45.6. The number of carbonyl (C=O) groups is 3. The van der Waals surface area contributed by atoms with E-state index in [1.807, 2.05) is 17.0 Å². The van der Waals surface area contributed by atoms with Crippen molar-refractivity contribution in [2.24, 2.45) is 5.92 Å². The second kappa shape index (κ2) is 7.03. The molecule has 5 rings (SSSR count). The average Bonchev–Trinajstić information content (AvgIpc) is 2.82. The Kier molecular flexibility index (Phi) is 4.58. The molecule has 8 heteroatoms. The van der Waals surface area contributed by atoms with Crippen LogP contribution in [0.25, 0.3) is 0 Å². The van der Waals surface area contributed by atoms with Gasteiger partial charge in [0.25, 0.3) is 5.91 Å². The molecule has 2 atom stereocenters. The first-order valence-electron chi connectivity index (χ1n) is 9.09. The molecular formula is C18H23N5O3. The number of rotatable bonds is 4. The molecule has 0 unspecified atom stereocenters. The van der Waals surface area contributed by atoms with Gasteiger partial charge in [-0.2, -0.15) is 0 Å². The third-order valence-electron chi connectivity index (χ3n) is 5.50. The molecule has 2 bridgehead atoms. The predicted molar refractivity (Wildman–Crippen MR) is 92.9 cm³/mol. The lowest BCUT2D eigenvalue weighted by Crippen LogP contribution is -2.51. The molecule has 4 saturated heterocycles. The fourth-order valence-electron chi connectivity index (χ4n) is 4.20. The summed E-state index contributed by atoms with van der Waals surface area (Å²) in [5.41, 5.74) is 1.22. The summed E-state index contributed by atoms with van der Waals surface area (Å²) < 4.78 is 0. The van der Waals surface area contributed by atoms with Crippen molar-refractivity contribution in [1.29, 1.82) is 0 Å². The van der Waals surface area contributed by atoms with E-state index < -0.39 is 6.03 Å². The molecule has 1 aromatic heterocycles. The van der Waals surface area contributed by atoms with Gasteiger partial charge >= 0.3 is 6.03 Å². The Morgan fingerprint density at radius 3 is 2.69 bits per heavy atom.